The number of nitrogens with two attached hydrogens (primary N) is 1. The number of carbonyl (C=O) groups excluding carboxylic acids is 3. The van der Waals surface area contributed by atoms with Crippen LogP contribution in [0.3, 0.4) is 0 Å². The average Bonchev–Trinajstić information content (AvgIpc) is 2.29. The van der Waals surface area contributed by atoms with Crippen molar-refractivity contribution in [2.24, 2.45) is 5.73 Å². The molecule has 0 saturated heterocycles. The molecule has 0 fully saturated rings. The van der Waals surface area contributed by atoms with Crippen molar-refractivity contribution in [3.63, 3.8) is 0 Å². The van der Waals surface area contributed by atoms with Gasteiger partial charge < -0.3 is 5.73 Å². The summed E-state index contributed by atoms with van der Waals surface area (Å²) in [6.07, 6.45) is 1.83. The van der Waals surface area contributed by atoms with Crippen molar-refractivity contribution >= 4 is 29.3 Å². The van der Waals surface area contributed by atoms with E-state index in [4.69, 9.17) is 17.3 Å². The highest BCUT2D eigenvalue weighted by Crippen LogP contribution is 2.09. The van der Waals surface area contributed by atoms with Crippen LogP contribution in [0.1, 0.15) is 5.56 Å². The van der Waals surface area contributed by atoms with Gasteiger partial charge in [0.1, 0.15) is 0 Å². The van der Waals surface area contributed by atoms with Crippen LogP contribution >= 0.6 is 11.6 Å². The van der Waals surface area contributed by atoms with E-state index in [0.29, 0.717) is 5.02 Å². The first-order chi connectivity index (χ1) is 8.47. The Hall–Kier alpha value is -2.14. The van der Waals surface area contributed by atoms with Crippen LogP contribution in [0.15, 0.2) is 36.4 Å². The van der Waals surface area contributed by atoms with Crippen molar-refractivity contribution < 1.29 is 14.4 Å². The molecule has 1 rings (SSSR count). The summed E-state index contributed by atoms with van der Waals surface area (Å²) < 4.78 is 0. The maximum Gasteiger partial charge on any atom is 0.250 e. The van der Waals surface area contributed by atoms with E-state index < -0.39 is 17.7 Å². The number of benzene rings is 1. The largest absolute Gasteiger partial charge is 0.366 e. The fourth-order valence-electron chi connectivity index (χ4n) is 1.17. The molecule has 0 bridgehead atoms. The van der Waals surface area contributed by atoms with Crippen molar-refractivity contribution in [3.8, 4) is 0 Å². The van der Waals surface area contributed by atoms with Gasteiger partial charge in [0.15, 0.2) is 0 Å². The van der Waals surface area contributed by atoms with E-state index in [1.165, 1.54) is 0 Å². The molecule has 3 N–H and O–H groups in total. The minimum atomic E-state index is -0.754. The molecule has 94 valence electrons. The molecule has 0 saturated carbocycles. The van der Waals surface area contributed by atoms with Gasteiger partial charge in [-0.25, -0.2) is 0 Å². The van der Waals surface area contributed by atoms with Crippen LogP contribution in [0.4, 0.5) is 0 Å². The number of halogens is 1. The summed E-state index contributed by atoms with van der Waals surface area (Å²) in [7, 11) is 0. The molecular weight excluding hydrogens is 256 g/mol. The van der Waals surface area contributed by atoms with Crippen LogP contribution < -0.4 is 11.1 Å². The molecular formula is C12H11ClN2O3. The van der Waals surface area contributed by atoms with Gasteiger partial charge in [0, 0.05) is 17.2 Å². The van der Waals surface area contributed by atoms with Crippen LogP contribution in [0, 0.1) is 0 Å². The SMILES string of the molecule is NC(=O)/C=C/C(=O)NC(=O)Cc1ccc(Cl)cc1. The first-order valence-electron chi connectivity index (χ1n) is 5.03. The molecule has 0 heterocycles. The Bertz CT molecular complexity index is 495. The first-order valence-corrected chi connectivity index (χ1v) is 5.41. The molecule has 0 spiro atoms. The second-order valence-corrected chi connectivity index (χ2v) is 3.89. The molecule has 0 aromatic heterocycles. The van der Waals surface area contributed by atoms with Gasteiger partial charge in [0.25, 0.3) is 5.91 Å². The van der Waals surface area contributed by atoms with Gasteiger partial charge in [-0.2, -0.15) is 0 Å². The second kappa shape index (κ2) is 6.56. The zero-order chi connectivity index (χ0) is 13.5. The van der Waals surface area contributed by atoms with Gasteiger partial charge in [0.05, 0.1) is 6.42 Å². The monoisotopic (exact) mass is 266 g/mol. The molecule has 6 heteroatoms. The van der Waals surface area contributed by atoms with Crippen molar-refractivity contribution in [3.05, 3.63) is 47.0 Å². The van der Waals surface area contributed by atoms with Crippen LogP contribution in [0.25, 0.3) is 0 Å². The number of hydrogen-bond acceptors (Lipinski definition) is 3. The zero-order valence-corrected chi connectivity index (χ0v) is 10.1. The Kier molecular flexibility index (Phi) is 5.07. The highest BCUT2D eigenvalue weighted by atomic mass is 35.5. The second-order valence-electron chi connectivity index (χ2n) is 3.45. The van der Waals surface area contributed by atoms with E-state index in [9.17, 15) is 14.4 Å². The van der Waals surface area contributed by atoms with E-state index in [1.807, 2.05) is 0 Å². The fraction of sp³-hybridized carbons (Fsp3) is 0.0833. The number of carbonyl (C=O) groups is 3. The van der Waals surface area contributed by atoms with Crippen LogP contribution in [0.5, 0.6) is 0 Å². The standard InChI is InChI=1S/C12H11ClN2O3/c13-9-3-1-8(2-4-9)7-12(18)15-11(17)6-5-10(14)16/h1-6H,7H2,(H2,14,16)(H,15,17,18)/b6-5+. The number of primary amides is 1. The summed E-state index contributed by atoms with van der Waals surface area (Å²) >= 11 is 5.70. The molecule has 0 aliphatic carbocycles. The van der Waals surface area contributed by atoms with Gasteiger partial charge >= 0.3 is 0 Å². The Morgan fingerprint density at radius 3 is 2.33 bits per heavy atom. The normalized spacial score (nSPS) is 10.3. The number of nitrogens with one attached hydrogen (secondary N) is 1. The number of imide groups is 1. The molecule has 18 heavy (non-hydrogen) atoms. The molecule has 0 radical (unpaired) electrons. The van der Waals surface area contributed by atoms with Crippen molar-refractivity contribution in [1.29, 1.82) is 0 Å². The van der Waals surface area contributed by atoms with Gasteiger partial charge in [-0.05, 0) is 17.7 Å². The minimum absolute atomic E-state index is 0.0489. The van der Waals surface area contributed by atoms with E-state index in [-0.39, 0.29) is 6.42 Å². The molecule has 5 nitrogen and oxygen atoms in total. The lowest BCUT2D eigenvalue weighted by atomic mass is 10.1. The summed E-state index contributed by atoms with van der Waals surface area (Å²) in [5, 5.41) is 2.66. The van der Waals surface area contributed by atoms with Gasteiger partial charge in [0.2, 0.25) is 11.8 Å². The Labute approximate surface area is 109 Å². The molecule has 0 aliphatic heterocycles. The maximum atomic E-state index is 11.4. The predicted octanol–water partition coefficient (Wildman–Crippen LogP) is 0.567. The molecule has 1 aromatic carbocycles. The number of rotatable bonds is 4. The highest BCUT2D eigenvalue weighted by Gasteiger charge is 2.06. The molecule has 1 aromatic rings. The lowest BCUT2D eigenvalue weighted by Gasteiger charge is -2.01. The zero-order valence-electron chi connectivity index (χ0n) is 9.35. The van der Waals surface area contributed by atoms with Gasteiger partial charge in [-0.1, -0.05) is 23.7 Å². The third-order valence-electron chi connectivity index (χ3n) is 1.94. The molecule has 3 amide bonds. The van der Waals surface area contributed by atoms with E-state index in [1.54, 1.807) is 24.3 Å². The number of amides is 3. The third-order valence-corrected chi connectivity index (χ3v) is 2.19. The van der Waals surface area contributed by atoms with Crippen LogP contribution in [-0.4, -0.2) is 17.7 Å². The number of hydrogen-bond donors (Lipinski definition) is 2. The van der Waals surface area contributed by atoms with Crippen molar-refractivity contribution in [1.82, 2.24) is 5.32 Å². The van der Waals surface area contributed by atoms with Crippen molar-refractivity contribution in [2.75, 3.05) is 0 Å². The third kappa shape index (κ3) is 5.27. The topological polar surface area (TPSA) is 89.3 Å². The van der Waals surface area contributed by atoms with Gasteiger partial charge in [-0.3, -0.25) is 19.7 Å². The summed E-state index contributed by atoms with van der Waals surface area (Å²) in [6, 6.07) is 6.68. The predicted molar refractivity (Wildman–Crippen MR) is 66.6 cm³/mol. The summed E-state index contributed by atoms with van der Waals surface area (Å²) in [5.74, 6) is -1.92. The fourth-order valence-corrected chi connectivity index (χ4v) is 1.29. The van der Waals surface area contributed by atoms with E-state index in [0.717, 1.165) is 17.7 Å². The minimum Gasteiger partial charge on any atom is -0.366 e. The quantitative estimate of drug-likeness (QED) is 0.781. The maximum absolute atomic E-state index is 11.4. The average molecular weight is 267 g/mol. The molecule has 0 atom stereocenters. The smallest absolute Gasteiger partial charge is 0.250 e. The van der Waals surface area contributed by atoms with Crippen LogP contribution in [0.2, 0.25) is 5.02 Å². The molecule has 0 aliphatic rings. The Balaban J connectivity index is 2.49. The lowest BCUT2D eigenvalue weighted by Crippen LogP contribution is -2.30. The lowest BCUT2D eigenvalue weighted by molar-refractivity contribution is -0.127. The Morgan fingerprint density at radius 2 is 1.78 bits per heavy atom. The summed E-state index contributed by atoms with van der Waals surface area (Å²) in [6.45, 7) is 0. The highest BCUT2D eigenvalue weighted by molar-refractivity contribution is 6.30. The Morgan fingerprint density at radius 1 is 1.17 bits per heavy atom. The molecule has 0 unspecified atom stereocenters. The van der Waals surface area contributed by atoms with Crippen LogP contribution in [-0.2, 0) is 20.8 Å². The summed E-state index contributed by atoms with van der Waals surface area (Å²) in [4.78, 5) is 33.0. The van der Waals surface area contributed by atoms with Crippen molar-refractivity contribution in [2.45, 2.75) is 6.42 Å². The van der Waals surface area contributed by atoms with E-state index >= 15 is 0 Å². The first kappa shape index (κ1) is 13.9. The summed E-state index contributed by atoms with van der Waals surface area (Å²) in [5.41, 5.74) is 5.53. The van der Waals surface area contributed by atoms with E-state index in [2.05, 4.69) is 5.32 Å². The van der Waals surface area contributed by atoms with Gasteiger partial charge in [-0.15, -0.1) is 0 Å².